The first-order valence-corrected chi connectivity index (χ1v) is 9.58. The van der Waals surface area contributed by atoms with Crippen LogP contribution in [0.4, 0.5) is 5.69 Å². The third-order valence-corrected chi connectivity index (χ3v) is 5.90. The minimum absolute atomic E-state index is 0.00620. The van der Waals surface area contributed by atoms with Gasteiger partial charge in [-0.15, -0.1) is 0 Å². The van der Waals surface area contributed by atoms with Crippen molar-refractivity contribution >= 4 is 23.0 Å². The Morgan fingerprint density at radius 2 is 1.81 bits per heavy atom. The van der Waals surface area contributed by atoms with Crippen molar-refractivity contribution in [2.75, 3.05) is 4.90 Å². The first kappa shape index (κ1) is 17.7. The molecule has 3 heterocycles. The number of aromatic nitrogens is 2. The van der Waals surface area contributed by atoms with Gasteiger partial charge in [0.15, 0.2) is 5.11 Å². The van der Waals surface area contributed by atoms with Crippen molar-refractivity contribution in [3.8, 4) is 0 Å². The second-order valence-electron chi connectivity index (χ2n) is 7.22. The van der Waals surface area contributed by atoms with Crippen molar-refractivity contribution in [3.63, 3.8) is 0 Å². The van der Waals surface area contributed by atoms with Crippen LogP contribution in [0.1, 0.15) is 40.3 Å². The fourth-order valence-corrected chi connectivity index (χ4v) is 4.09. The van der Waals surface area contributed by atoms with E-state index < -0.39 is 0 Å². The lowest BCUT2D eigenvalue weighted by Crippen LogP contribution is -2.30. The molecular formula is C22H24N4S. The van der Waals surface area contributed by atoms with Crippen LogP contribution >= 0.6 is 12.2 Å². The molecule has 2 aromatic heterocycles. The molecule has 0 aliphatic carbocycles. The van der Waals surface area contributed by atoms with Crippen molar-refractivity contribution in [3.05, 3.63) is 82.9 Å². The van der Waals surface area contributed by atoms with Crippen LogP contribution < -0.4 is 10.2 Å². The molecule has 1 aromatic carbocycles. The highest BCUT2D eigenvalue weighted by Gasteiger charge is 2.42. The zero-order valence-corrected chi connectivity index (χ0v) is 16.9. The third-order valence-electron chi connectivity index (χ3n) is 5.58. The Hall–Kier alpha value is -2.66. The van der Waals surface area contributed by atoms with Crippen LogP contribution in [0, 0.1) is 20.8 Å². The van der Waals surface area contributed by atoms with Crippen LogP contribution in [0.2, 0.25) is 0 Å². The number of pyridine rings is 1. The van der Waals surface area contributed by atoms with Gasteiger partial charge in [-0.1, -0.05) is 12.1 Å². The fourth-order valence-electron chi connectivity index (χ4n) is 3.74. The standard InChI is InChI=1S/C22H24N4S/c1-14-8-10-17(13-15(14)2)26-21(19-11-9-16(3)25(19)4)20(24-22(26)27)18-7-5-6-12-23-18/h5-13,20-21H,1-4H3,(H,24,27)/t20-,21+/m0/s1. The highest BCUT2D eigenvalue weighted by Crippen LogP contribution is 2.42. The number of rotatable bonds is 3. The van der Waals surface area contributed by atoms with Crippen LogP contribution in [-0.2, 0) is 7.05 Å². The lowest BCUT2D eigenvalue weighted by molar-refractivity contribution is 0.539. The van der Waals surface area contributed by atoms with Crippen molar-refractivity contribution in [2.24, 2.45) is 7.05 Å². The summed E-state index contributed by atoms with van der Waals surface area (Å²) in [4.78, 5) is 6.84. The molecule has 1 aliphatic heterocycles. The average molecular weight is 377 g/mol. The van der Waals surface area contributed by atoms with Gasteiger partial charge in [0.05, 0.1) is 11.7 Å². The smallest absolute Gasteiger partial charge is 0.174 e. The second kappa shape index (κ2) is 6.82. The van der Waals surface area contributed by atoms with E-state index in [4.69, 9.17) is 12.2 Å². The third kappa shape index (κ3) is 3.02. The Morgan fingerprint density at radius 3 is 2.44 bits per heavy atom. The van der Waals surface area contributed by atoms with Gasteiger partial charge in [-0.05, 0) is 80.5 Å². The molecule has 0 saturated carbocycles. The molecule has 4 nitrogen and oxygen atoms in total. The van der Waals surface area contributed by atoms with E-state index in [-0.39, 0.29) is 12.1 Å². The van der Waals surface area contributed by atoms with E-state index in [2.05, 4.69) is 84.0 Å². The van der Waals surface area contributed by atoms with Gasteiger partial charge in [0.25, 0.3) is 0 Å². The Kier molecular flexibility index (Phi) is 4.48. The van der Waals surface area contributed by atoms with E-state index in [1.54, 1.807) is 0 Å². The summed E-state index contributed by atoms with van der Waals surface area (Å²) in [6.45, 7) is 6.40. The first-order chi connectivity index (χ1) is 13.0. The zero-order valence-electron chi connectivity index (χ0n) is 16.1. The highest BCUT2D eigenvalue weighted by molar-refractivity contribution is 7.80. The zero-order chi connectivity index (χ0) is 19.1. The molecule has 0 spiro atoms. The summed E-state index contributed by atoms with van der Waals surface area (Å²) in [5, 5.41) is 4.25. The number of aryl methyl sites for hydroxylation is 3. The number of thiocarbonyl (C=S) groups is 1. The maximum Gasteiger partial charge on any atom is 0.174 e. The van der Waals surface area contributed by atoms with Gasteiger partial charge < -0.3 is 14.8 Å². The van der Waals surface area contributed by atoms with Crippen LogP contribution in [0.5, 0.6) is 0 Å². The lowest BCUT2D eigenvalue weighted by atomic mass is 10.0. The number of anilines is 1. The van der Waals surface area contributed by atoms with Crippen molar-refractivity contribution in [1.82, 2.24) is 14.9 Å². The van der Waals surface area contributed by atoms with Gasteiger partial charge >= 0.3 is 0 Å². The molecule has 1 N–H and O–H groups in total. The molecule has 3 aromatic rings. The van der Waals surface area contributed by atoms with E-state index in [0.29, 0.717) is 0 Å². The molecule has 2 atom stereocenters. The molecule has 1 aliphatic rings. The summed E-state index contributed by atoms with van der Waals surface area (Å²) in [5.41, 5.74) is 7.09. The number of hydrogen-bond donors (Lipinski definition) is 1. The van der Waals surface area contributed by atoms with E-state index in [1.165, 1.54) is 22.5 Å². The molecular weight excluding hydrogens is 352 g/mol. The quantitative estimate of drug-likeness (QED) is 0.681. The van der Waals surface area contributed by atoms with Gasteiger partial charge in [0, 0.05) is 30.3 Å². The maximum atomic E-state index is 5.78. The Labute approximate surface area is 165 Å². The van der Waals surface area contributed by atoms with Crippen molar-refractivity contribution in [1.29, 1.82) is 0 Å². The number of benzene rings is 1. The summed E-state index contributed by atoms with van der Waals surface area (Å²) >= 11 is 5.78. The van der Waals surface area contributed by atoms with Crippen LogP contribution in [0.25, 0.3) is 0 Å². The predicted octanol–water partition coefficient (Wildman–Crippen LogP) is 4.52. The monoisotopic (exact) mass is 376 g/mol. The molecule has 138 valence electrons. The van der Waals surface area contributed by atoms with Gasteiger partial charge in [0.2, 0.25) is 0 Å². The normalized spacial score (nSPS) is 19.4. The minimum atomic E-state index is -0.00620. The molecule has 0 bridgehead atoms. The summed E-state index contributed by atoms with van der Waals surface area (Å²) in [5.74, 6) is 0. The molecule has 1 fully saturated rings. The summed E-state index contributed by atoms with van der Waals surface area (Å²) in [6.07, 6.45) is 1.84. The first-order valence-electron chi connectivity index (χ1n) is 9.17. The number of nitrogens with zero attached hydrogens (tertiary/aromatic N) is 3. The Morgan fingerprint density at radius 1 is 1.00 bits per heavy atom. The van der Waals surface area contributed by atoms with Crippen molar-refractivity contribution < 1.29 is 0 Å². The fraction of sp³-hybridized carbons (Fsp3) is 0.273. The summed E-state index contributed by atoms with van der Waals surface area (Å²) in [7, 11) is 2.11. The Balaban J connectivity index is 1.87. The molecule has 4 rings (SSSR count). The molecule has 0 amide bonds. The maximum absolute atomic E-state index is 5.78. The van der Waals surface area contributed by atoms with Crippen LogP contribution in [-0.4, -0.2) is 14.7 Å². The van der Waals surface area contributed by atoms with Gasteiger partial charge in [-0.3, -0.25) is 4.98 Å². The molecule has 1 saturated heterocycles. The van der Waals surface area contributed by atoms with Gasteiger partial charge in [0.1, 0.15) is 6.04 Å². The summed E-state index contributed by atoms with van der Waals surface area (Å²) in [6, 6.07) is 16.9. The molecule has 5 heteroatoms. The topological polar surface area (TPSA) is 33.1 Å². The predicted molar refractivity (Wildman–Crippen MR) is 114 cm³/mol. The Bertz CT molecular complexity index is 993. The van der Waals surface area contributed by atoms with Crippen LogP contribution in [0.3, 0.4) is 0 Å². The van der Waals surface area contributed by atoms with E-state index in [9.17, 15) is 0 Å². The molecule has 27 heavy (non-hydrogen) atoms. The average Bonchev–Trinajstić information content (AvgIpc) is 3.18. The van der Waals surface area contributed by atoms with E-state index >= 15 is 0 Å². The minimum Gasteiger partial charge on any atom is -0.351 e. The summed E-state index contributed by atoms with van der Waals surface area (Å²) < 4.78 is 2.24. The van der Waals surface area contributed by atoms with Crippen molar-refractivity contribution in [2.45, 2.75) is 32.9 Å². The largest absolute Gasteiger partial charge is 0.351 e. The number of hydrogen-bond acceptors (Lipinski definition) is 2. The number of nitrogens with one attached hydrogen (secondary N) is 1. The second-order valence-corrected chi connectivity index (χ2v) is 7.61. The van der Waals surface area contributed by atoms with E-state index in [0.717, 1.165) is 16.5 Å². The van der Waals surface area contributed by atoms with Gasteiger partial charge in [-0.2, -0.15) is 0 Å². The lowest BCUT2D eigenvalue weighted by Gasteiger charge is -2.29. The highest BCUT2D eigenvalue weighted by atomic mass is 32.1. The van der Waals surface area contributed by atoms with Gasteiger partial charge in [-0.25, -0.2) is 0 Å². The van der Waals surface area contributed by atoms with E-state index in [1.807, 2.05) is 18.3 Å². The van der Waals surface area contributed by atoms with Crippen LogP contribution in [0.15, 0.2) is 54.7 Å². The molecule has 0 unspecified atom stereocenters. The SMILES string of the molecule is Cc1ccc(N2C(=S)N[C@@H](c3ccccn3)[C@H]2c2ccc(C)n2C)cc1C. The molecule has 0 radical (unpaired) electrons.